The first-order valence-corrected chi connectivity index (χ1v) is 7.23. The number of likely N-dealkylation sites (tertiary alicyclic amines) is 1. The van der Waals surface area contributed by atoms with Crippen LogP contribution < -0.4 is 5.73 Å². The molecule has 1 heterocycles. The highest BCUT2D eigenvalue weighted by molar-refractivity contribution is 5.24. The second-order valence-electron chi connectivity index (χ2n) is 6.19. The largest absolute Gasteiger partial charge is 0.389 e. The Morgan fingerprint density at radius 3 is 2.95 bits per heavy atom. The molecule has 1 fully saturated rings. The van der Waals surface area contributed by atoms with Crippen LogP contribution in [0.25, 0.3) is 0 Å². The Morgan fingerprint density at radius 1 is 1.47 bits per heavy atom. The van der Waals surface area contributed by atoms with Gasteiger partial charge in [0.05, 0.1) is 5.60 Å². The third-order valence-corrected chi connectivity index (χ3v) is 3.98. The first-order chi connectivity index (χ1) is 8.96. The van der Waals surface area contributed by atoms with Gasteiger partial charge in [-0.15, -0.1) is 0 Å². The Morgan fingerprint density at radius 2 is 2.26 bits per heavy atom. The third-order valence-electron chi connectivity index (χ3n) is 3.98. The summed E-state index contributed by atoms with van der Waals surface area (Å²) in [6.07, 6.45) is 2.93. The van der Waals surface area contributed by atoms with Crippen molar-refractivity contribution in [2.75, 3.05) is 19.6 Å². The molecule has 2 atom stereocenters. The van der Waals surface area contributed by atoms with Gasteiger partial charge in [-0.3, -0.25) is 0 Å². The number of β-amino-alcohol motifs (C(OH)–C–C–N with tert-alkyl or cyclic N) is 1. The lowest BCUT2D eigenvalue weighted by Gasteiger charge is -2.37. The first kappa shape index (κ1) is 14.5. The second-order valence-corrected chi connectivity index (χ2v) is 6.19. The van der Waals surface area contributed by atoms with Crippen LogP contribution in [0.3, 0.4) is 0 Å². The molecular weight excluding hydrogens is 236 g/mol. The second kappa shape index (κ2) is 6.04. The van der Waals surface area contributed by atoms with E-state index in [1.807, 2.05) is 6.92 Å². The van der Waals surface area contributed by atoms with Crippen LogP contribution in [0.5, 0.6) is 0 Å². The summed E-state index contributed by atoms with van der Waals surface area (Å²) in [5, 5.41) is 10.1. The molecule has 1 aliphatic heterocycles. The molecule has 19 heavy (non-hydrogen) atoms. The van der Waals surface area contributed by atoms with Gasteiger partial charge in [0.25, 0.3) is 0 Å². The lowest BCUT2D eigenvalue weighted by molar-refractivity contribution is -0.0161. The highest BCUT2D eigenvalue weighted by atomic mass is 16.3. The fourth-order valence-corrected chi connectivity index (χ4v) is 2.90. The molecule has 1 aromatic rings. The average Bonchev–Trinajstić information content (AvgIpc) is 2.35. The van der Waals surface area contributed by atoms with Crippen molar-refractivity contribution in [3.8, 4) is 0 Å². The number of aliphatic hydroxyl groups is 1. The summed E-state index contributed by atoms with van der Waals surface area (Å²) in [5.41, 5.74) is 8.21. The maximum Gasteiger partial charge on any atom is 0.0746 e. The third kappa shape index (κ3) is 4.30. The summed E-state index contributed by atoms with van der Waals surface area (Å²) in [4.78, 5) is 2.33. The molecule has 0 spiro atoms. The highest BCUT2D eigenvalue weighted by Gasteiger charge is 2.28. The van der Waals surface area contributed by atoms with E-state index >= 15 is 0 Å². The van der Waals surface area contributed by atoms with Crippen molar-refractivity contribution in [3.63, 3.8) is 0 Å². The van der Waals surface area contributed by atoms with Crippen LogP contribution in [0.1, 0.15) is 43.4 Å². The van der Waals surface area contributed by atoms with Crippen LogP contribution in [0.4, 0.5) is 0 Å². The molecule has 3 heteroatoms. The molecule has 3 nitrogen and oxygen atoms in total. The van der Waals surface area contributed by atoms with E-state index in [1.165, 1.54) is 11.1 Å². The monoisotopic (exact) mass is 262 g/mol. The quantitative estimate of drug-likeness (QED) is 0.875. The van der Waals surface area contributed by atoms with Crippen molar-refractivity contribution in [1.82, 2.24) is 4.90 Å². The molecule has 1 aromatic carbocycles. The Bertz CT molecular complexity index is 417. The predicted molar refractivity (Wildman–Crippen MR) is 79.0 cm³/mol. The van der Waals surface area contributed by atoms with Gasteiger partial charge in [-0.25, -0.2) is 0 Å². The molecule has 0 saturated carbocycles. The van der Waals surface area contributed by atoms with Crippen molar-refractivity contribution in [2.45, 2.75) is 44.8 Å². The van der Waals surface area contributed by atoms with E-state index in [0.29, 0.717) is 0 Å². The van der Waals surface area contributed by atoms with E-state index < -0.39 is 5.60 Å². The molecule has 1 aliphatic rings. The van der Waals surface area contributed by atoms with Crippen LogP contribution in [-0.4, -0.2) is 35.2 Å². The minimum absolute atomic E-state index is 0.0896. The lowest BCUT2D eigenvalue weighted by Crippen LogP contribution is -2.46. The molecule has 2 unspecified atom stereocenters. The lowest BCUT2D eigenvalue weighted by atomic mass is 9.94. The molecule has 0 bridgehead atoms. The Kier molecular flexibility index (Phi) is 4.61. The number of rotatable bonds is 4. The predicted octanol–water partition coefficient (Wildman–Crippen LogP) is 2.23. The first-order valence-electron chi connectivity index (χ1n) is 7.23. The van der Waals surface area contributed by atoms with Gasteiger partial charge >= 0.3 is 0 Å². The van der Waals surface area contributed by atoms with E-state index in [-0.39, 0.29) is 6.04 Å². The van der Waals surface area contributed by atoms with Crippen LogP contribution in [0.2, 0.25) is 0 Å². The minimum atomic E-state index is -0.522. The zero-order valence-corrected chi connectivity index (χ0v) is 12.1. The van der Waals surface area contributed by atoms with Gasteiger partial charge in [0.2, 0.25) is 0 Å². The molecule has 0 aliphatic carbocycles. The Balaban J connectivity index is 1.85. The van der Waals surface area contributed by atoms with Crippen LogP contribution in [-0.2, 0) is 0 Å². The summed E-state index contributed by atoms with van der Waals surface area (Å²) < 4.78 is 0. The maximum atomic E-state index is 10.1. The summed E-state index contributed by atoms with van der Waals surface area (Å²) >= 11 is 0. The summed E-state index contributed by atoms with van der Waals surface area (Å²) in [6, 6.07) is 8.52. The molecular formula is C16H26N2O. The van der Waals surface area contributed by atoms with Crippen molar-refractivity contribution in [3.05, 3.63) is 35.4 Å². The zero-order chi connectivity index (χ0) is 13.9. The van der Waals surface area contributed by atoms with E-state index in [2.05, 4.69) is 36.1 Å². The number of aryl methyl sites for hydroxylation is 1. The van der Waals surface area contributed by atoms with Crippen molar-refractivity contribution in [2.24, 2.45) is 5.73 Å². The van der Waals surface area contributed by atoms with Gasteiger partial charge in [-0.2, -0.15) is 0 Å². The molecule has 106 valence electrons. The van der Waals surface area contributed by atoms with Gasteiger partial charge in [-0.1, -0.05) is 29.8 Å². The number of hydrogen-bond acceptors (Lipinski definition) is 3. The van der Waals surface area contributed by atoms with Crippen molar-refractivity contribution >= 4 is 0 Å². The Hall–Kier alpha value is -0.900. The number of benzene rings is 1. The molecule has 3 N–H and O–H groups in total. The number of hydrogen-bond donors (Lipinski definition) is 2. The van der Waals surface area contributed by atoms with Gasteiger partial charge in [0, 0.05) is 19.1 Å². The fraction of sp³-hybridized carbons (Fsp3) is 0.625. The van der Waals surface area contributed by atoms with E-state index in [4.69, 9.17) is 5.73 Å². The van der Waals surface area contributed by atoms with Crippen molar-refractivity contribution < 1.29 is 5.11 Å². The van der Waals surface area contributed by atoms with Gasteiger partial charge in [0.15, 0.2) is 0 Å². The smallest absolute Gasteiger partial charge is 0.0746 e. The van der Waals surface area contributed by atoms with Crippen LogP contribution >= 0.6 is 0 Å². The SMILES string of the molecule is Cc1cccc(C(N)CCN2CCCC(C)(O)C2)c1. The van der Waals surface area contributed by atoms with E-state index in [1.54, 1.807) is 0 Å². The summed E-state index contributed by atoms with van der Waals surface area (Å²) in [5.74, 6) is 0. The van der Waals surface area contributed by atoms with Gasteiger partial charge in [0.1, 0.15) is 0 Å². The van der Waals surface area contributed by atoms with Crippen LogP contribution in [0.15, 0.2) is 24.3 Å². The van der Waals surface area contributed by atoms with Gasteiger partial charge < -0.3 is 15.7 Å². The highest BCUT2D eigenvalue weighted by Crippen LogP contribution is 2.22. The number of piperidine rings is 1. The molecule has 0 aromatic heterocycles. The summed E-state index contributed by atoms with van der Waals surface area (Å²) in [7, 11) is 0. The fourth-order valence-electron chi connectivity index (χ4n) is 2.90. The van der Waals surface area contributed by atoms with Crippen molar-refractivity contribution in [1.29, 1.82) is 0 Å². The normalized spacial score (nSPS) is 26.3. The Labute approximate surface area is 116 Å². The van der Waals surface area contributed by atoms with Crippen LogP contribution in [0, 0.1) is 6.92 Å². The topological polar surface area (TPSA) is 49.5 Å². The standard InChI is InChI=1S/C16H26N2O/c1-13-5-3-6-14(11-13)15(17)7-10-18-9-4-8-16(2,19)12-18/h3,5-6,11,15,19H,4,7-10,12,17H2,1-2H3. The maximum absolute atomic E-state index is 10.1. The number of nitrogens with two attached hydrogens (primary N) is 1. The number of nitrogens with zero attached hydrogens (tertiary/aromatic N) is 1. The van der Waals surface area contributed by atoms with E-state index in [0.717, 1.165) is 38.9 Å². The molecule has 1 saturated heterocycles. The average molecular weight is 262 g/mol. The zero-order valence-electron chi connectivity index (χ0n) is 12.1. The summed E-state index contributed by atoms with van der Waals surface area (Å²) in [6.45, 7) is 6.84. The molecule has 2 rings (SSSR count). The minimum Gasteiger partial charge on any atom is -0.389 e. The van der Waals surface area contributed by atoms with E-state index in [9.17, 15) is 5.11 Å². The van der Waals surface area contributed by atoms with Gasteiger partial charge in [-0.05, 0) is 45.2 Å². The molecule has 0 radical (unpaired) electrons. The molecule has 0 amide bonds.